The molecule has 0 aliphatic heterocycles. The predicted molar refractivity (Wildman–Crippen MR) is 97.0 cm³/mol. The minimum Gasteiger partial charge on any atom is -0.483 e. The minimum absolute atomic E-state index is 0.0287. The fraction of sp³-hybridized carbons (Fsp3) is 0.133. The molecule has 0 aliphatic rings. The van der Waals surface area contributed by atoms with Gasteiger partial charge in [-0.05, 0) is 51.8 Å². The summed E-state index contributed by atoms with van der Waals surface area (Å²) in [5.74, 6) is 0.270. The Bertz CT molecular complexity index is 839. The Balaban J connectivity index is 1.85. The molecular weight excluding hydrogens is 464 g/mol. The number of sulfonamides is 1. The number of carbonyl (C=O) groups excluding carboxylic acids is 1. The molecule has 0 spiro atoms. The van der Waals surface area contributed by atoms with Crippen LogP contribution in [0.2, 0.25) is 0 Å². The second kappa shape index (κ2) is 8.11. The van der Waals surface area contributed by atoms with Gasteiger partial charge in [0.1, 0.15) is 5.75 Å². The van der Waals surface area contributed by atoms with Crippen molar-refractivity contribution in [2.75, 3.05) is 6.61 Å². The van der Waals surface area contributed by atoms with E-state index in [-0.39, 0.29) is 24.0 Å². The van der Waals surface area contributed by atoms with Crippen LogP contribution in [0, 0.1) is 0 Å². The molecule has 3 N–H and O–H groups in total. The summed E-state index contributed by atoms with van der Waals surface area (Å²) in [4.78, 5) is 11.8. The highest BCUT2D eigenvalue weighted by atomic mass is 79.9. The van der Waals surface area contributed by atoms with E-state index in [9.17, 15) is 13.2 Å². The Hall–Kier alpha value is -1.42. The van der Waals surface area contributed by atoms with Crippen LogP contribution in [0.15, 0.2) is 56.3 Å². The van der Waals surface area contributed by atoms with Crippen molar-refractivity contribution in [3.05, 3.63) is 57.0 Å². The molecule has 2 rings (SSSR count). The summed E-state index contributed by atoms with van der Waals surface area (Å²) in [7, 11) is -3.71. The van der Waals surface area contributed by atoms with E-state index in [0.29, 0.717) is 5.75 Å². The van der Waals surface area contributed by atoms with Crippen molar-refractivity contribution in [1.29, 1.82) is 0 Å². The first-order valence-electron chi connectivity index (χ1n) is 6.72. The molecule has 2 aromatic rings. The number of carbonyl (C=O) groups is 1. The predicted octanol–water partition coefficient (Wildman–Crippen LogP) is 2.55. The first-order chi connectivity index (χ1) is 11.3. The van der Waals surface area contributed by atoms with Gasteiger partial charge in [-0.25, -0.2) is 13.6 Å². The second-order valence-corrected chi connectivity index (χ2v) is 8.16. The zero-order valence-electron chi connectivity index (χ0n) is 12.3. The molecule has 24 heavy (non-hydrogen) atoms. The van der Waals surface area contributed by atoms with Crippen molar-refractivity contribution in [1.82, 2.24) is 5.32 Å². The normalized spacial score (nSPS) is 11.1. The molecule has 0 aromatic heterocycles. The van der Waals surface area contributed by atoms with Crippen molar-refractivity contribution >= 4 is 47.8 Å². The maximum absolute atomic E-state index is 11.8. The molecular formula is C15H14Br2N2O4S. The van der Waals surface area contributed by atoms with E-state index in [1.807, 2.05) is 12.1 Å². The summed E-state index contributed by atoms with van der Waals surface area (Å²) >= 11 is 6.68. The summed E-state index contributed by atoms with van der Waals surface area (Å²) in [6.45, 7) is 0.129. The molecule has 0 radical (unpaired) electrons. The van der Waals surface area contributed by atoms with Gasteiger partial charge in [0.2, 0.25) is 10.0 Å². The molecule has 0 unspecified atom stereocenters. The summed E-state index contributed by atoms with van der Waals surface area (Å²) in [5.41, 5.74) is 0.751. The SMILES string of the molecule is NS(=O)(=O)c1ccc(CNC(=O)COc2ccc(Br)cc2Br)cc1. The number of benzene rings is 2. The van der Waals surface area contributed by atoms with Crippen molar-refractivity contribution in [3.8, 4) is 5.75 Å². The lowest BCUT2D eigenvalue weighted by molar-refractivity contribution is -0.123. The van der Waals surface area contributed by atoms with Gasteiger partial charge in [-0.1, -0.05) is 28.1 Å². The third-order valence-electron chi connectivity index (χ3n) is 2.99. The molecule has 0 heterocycles. The van der Waals surface area contributed by atoms with Crippen molar-refractivity contribution in [2.45, 2.75) is 11.4 Å². The Morgan fingerprint density at radius 2 is 1.79 bits per heavy atom. The van der Waals surface area contributed by atoms with E-state index in [1.54, 1.807) is 18.2 Å². The maximum atomic E-state index is 11.8. The lowest BCUT2D eigenvalue weighted by atomic mass is 10.2. The van der Waals surface area contributed by atoms with Gasteiger partial charge in [0.05, 0.1) is 9.37 Å². The van der Waals surface area contributed by atoms with Crippen LogP contribution in [-0.4, -0.2) is 20.9 Å². The number of rotatable bonds is 6. The van der Waals surface area contributed by atoms with E-state index in [0.717, 1.165) is 14.5 Å². The highest BCUT2D eigenvalue weighted by Crippen LogP contribution is 2.28. The minimum atomic E-state index is -3.71. The Kier molecular flexibility index (Phi) is 6.39. The Labute approximate surface area is 156 Å². The lowest BCUT2D eigenvalue weighted by Crippen LogP contribution is -2.28. The average Bonchev–Trinajstić information content (AvgIpc) is 2.51. The fourth-order valence-electron chi connectivity index (χ4n) is 1.78. The van der Waals surface area contributed by atoms with Crippen molar-refractivity contribution < 1.29 is 17.9 Å². The number of nitrogens with one attached hydrogen (secondary N) is 1. The highest BCUT2D eigenvalue weighted by molar-refractivity contribution is 9.11. The third-order valence-corrected chi connectivity index (χ3v) is 5.04. The summed E-state index contributed by atoms with van der Waals surface area (Å²) in [5, 5.41) is 7.71. The number of hydrogen-bond donors (Lipinski definition) is 2. The van der Waals surface area contributed by atoms with Gasteiger partial charge in [-0.3, -0.25) is 4.79 Å². The van der Waals surface area contributed by atoms with E-state index in [4.69, 9.17) is 9.88 Å². The van der Waals surface area contributed by atoms with Crippen LogP contribution in [0.5, 0.6) is 5.75 Å². The number of nitrogens with two attached hydrogens (primary N) is 1. The largest absolute Gasteiger partial charge is 0.483 e. The monoisotopic (exact) mass is 476 g/mol. The number of ether oxygens (including phenoxy) is 1. The van der Waals surface area contributed by atoms with Crippen LogP contribution in [0.25, 0.3) is 0 Å². The van der Waals surface area contributed by atoms with Gasteiger partial charge in [-0.2, -0.15) is 0 Å². The summed E-state index contributed by atoms with van der Waals surface area (Å²) in [6, 6.07) is 11.3. The van der Waals surface area contributed by atoms with Gasteiger partial charge in [0, 0.05) is 11.0 Å². The zero-order chi connectivity index (χ0) is 17.7. The second-order valence-electron chi connectivity index (χ2n) is 4.83. The fourth-order valence-corrected chi connectivity index (χ4v) is 3.46. The molecule has 0 atom stereocenters. The van der Waals surface area contributed by atoms with E-state index in [2.05, 4.69) is 37.2 Å². The van der Waals surface area contributed by atoms with Crippen LogP contribution in [0.3, 0.4) is 0 Å². The molecule has 128 valence electrons. The topological polar surface area (TPSA) is 98.5 Å². The Morgan fingerprint density at radius 3 is 2.38 bits per heavy atom. The molecule has 9 heteroatoms. The smallest absolute Gasteiger partial charge is 0.258 e. The zero-order valence-corrected chi connectivity index (χ0v) is 16.3. The standard InChI is InChI=1S/C15H14Br2N2O4S/c16-11-3-6-14(13(17)7-11)23-9-15(20)19-8-10-1-4-12(5-2-10)24(18,21)22/h1-7H,8-9H2,(H,19,20)(H2,18,21,22). The molecule has 6 nitrogen and oxygen atoms in total. The van der Waals surface area contributed by atoms with E-state index in [1.165, 1.54) is 12.1 Å². The Morgan fingerprint density at radius 1 is 1.12 bits per heavy atom. The molecule has 1 amide bonds. The highest BCUT2D eigenvalue weighted by Gasteiger charge is 2.08. The lowest BCUT2D eigenvalue weighted by Gasteiger charge is -2.09. The number of hydrogen-bond acceptors (Lipinski definition) is 4. The average molecular weight is 478 g/mol. The van der Waals surface area contributed by atoms with Gasteiger partial charge >= 0.3 is 0 Å². The number of primary sulfonamides is 1. The first kappa shape index (κ1) is 18.9. The van der Waals surface area contributed by atoms with Crippen molar-refractivity contribution in [3.63, 3.8) is 0 Å². The third kappa shape index (κ3) is 5.59. The van der Waals surface area contributed by atoms with Gasteiger partial charge in [0.15, 0.2) is 6.61 Å². The molecule has 0 saturated heterocycles. The summed E-state index contributed by atoms with van der Waals surface area (Å²) in [6.07, 6.45) is 0. The van der Waals surface area contributed by atoms with Crippen LogP contribution in [0.1, 0.15) is 5.56 Å². The van der Waals surface area contributed by atoms with Crippen molar-refractivity contribution in [2.24, 2.45) is 5.14 Å². The molecule has 0 saturated carbocycles. The number of amides is 1. The molecule has 0 aliphatic carbocycles. The number of halogens is 2. The van der Waals surface area contributed by atoms with Crippen LogP contribution in [0.4, 0.5) is 0 Å². The van der Waals surface area contributed by atoms with E-state index >= 15 is 0 Å². The molecule has 0 bridgehead atoms. The van der Waals surface area contributed by atoms with Crippen LogP contribution < -0.4 is 15.2 Å². The van der Waals surface area contributed by atoms with Crippen LogP contribution in [-0.2, 0) is 21.4 Å². The van der Waals surface area contributed by atoms with Gasteiger partial charge < -0.3 is 10.1 Å². The summed E-state index contributed by atoms with van der Waals surface area (Å²) < 4.78 is 29.4. The van der Waals surface area contributed by atoms with Gasteiger partial charge in [0.25, 0.3) is 5.91 Å². The van der Waals surface area contributed by atoms with Gasteiger partial charge in [-0.15, -0.1) is 0 Å². The van der Waals surface area contributed by atoms with E-state index < -0.39 is 10.0 Å². The quantitative estimate of drug-likeness (QED) is 0.667. The first-order valence-corrected chi connectivity index (χ1v) is 9.85. The van der Waals surface area contributed by atoms with Crippen LogP contribution >= 0.6 is 31.9 Å². The molecule has 2 aromatic carbocycles. The molecule has 0 fully saturated rings. The maximum Gasteiger partial charge on any atom is 0.258 e.